The maximum Gasteiger partial charge on any atom is 0.272 e. The van der Waals surface area contributed by atoms with Crippen molar-refractivity contribution in [1.82, 2.24) is 14.8 Å². The zero-order valence-electron chi connectivity index (χ0n) is 14.4. The number of hydrogen-bond acceptors (Lipinski definition) is 4. The van der Waals surface area contributed by atoms with Crippen molar-refractivity contribution in [2.75, 3.05) is 44.7 Å². The molecule has 1 unspecified atom stereocenters. The Morgan fingerprint density at radius 3 is 2.74 bits per heavy atom. The molecule has 0 saturated carbocycles. The first-order valence-electron chi connectivity index (χ1n) is 8.89. The lowest BCUT2D eigenvalue weighted by Crippen LogP contribution is -2.47. The molecule has 2 fully saturated rings. The number of nitrogens with zero attached hydrogens (tertiary/aromatic N) is 4. The molecule has 5 heteroatoms. The first-order valence-corrected chi connectivity index (χ1v) is 8.89. The van der Waals surface area contributed by atoms with Crippen LogP contribution in [0.2, 0.25) is 0 Å². The van der Waals surface area contributed by atoms with E-state index in [1.807, 2.05) is 11.0 Å². The Hall–Kier alpha value is -1.62. The van der Waals surface area contributed by atoms with Gasteiger partial charge in [0, 0.05) is 50.6 Å². The molecule has 3 heterocycles. The van der Waals surface area contributed by atoms with E-state index < -0.39 is 0 Å². The van der Waals surface area contributed by atoms with E-state index in [0.29, 0.717) is 11.7 Å². The van der Waals surface area contributed by atoms with Gasteiger partial charge in [-0.15, -0.1) is 0 Å². The van der Waals surface area contributed by atoms with E-state index >= 15 is 0 Å². The summed E-state index contributed by atoms with van der Waals surface area (Å²) in [5, 5.41) is 0. The van der Waals surface area contributed by atoms with Gasteiger partial charge in [-0.05, 0) is 44.9 Å². The summed E-state index contributed by atoms with van der Waals surface area (Å²) < 4.78 is 0. The lowest BCUT2D eigenvalue weighted by atomic mass is 9.99. The number of carbonyl (C=O) groups is 1. The third-order valence-corrected chi connectivity index (χ3v) is 5.18. The predicted molar refractivity (Wildman–Crippen MR) is 92.9 cm³/mol. The zero-order valence-corrected chi connectivity index (χ0v) is 14.4. The summed E-state index contributed by atoms with van der Waals surface area (Å²) in [6.45, 7) is 6.81. The number of anilines is 1. The quantitative estimate of drug-likeness (QED) is 0.857. The maximum absolute atomic E-state index is 12.7. The SMILES string of the molecule is CCC1CCCCN1c1ccnc(C(=O)N2CCN(C)CC2)c1. The first kappa shape index (κ1) is 16.2. The van der Waals surface area contributed by atoms with Gasteiger partial charge in [0.05, 0.1) is 0 Å². The van der Waals surface area contributed by atoms with Crippen molar-refractivity contribution in [3.8, 4) is 0 Å². The summed E-state index contributed by atoms with van der Waals surface area (Å²) >= 11 is 0. The lowest BCUT2D eigenvalue weighted by molar-refractivity contribution is 0.0658. The summed E-state index contributed by atoms with van der Waals surface area (Å²) in [6, 6.07) is 4.64. The highest BCUT2D eigenvalue weighted by Gasteiger charge is 2.24. The molecule has 1 atom stereocenters. The van der Waals surface area contributed by atoms with Crippen molar-refractivity contribution in [3.63, 3.8) is 0 Å². The fourth-order valence-corrected chi connectivity index (χ4v) is 3.65. The number of hydrogen-bond donors (Lipinski definition) is 0. The van der Waals surface area contributed by atoms with Crippen LogP contribution in [0.3, 0.4) is 0 Å². The molecule has 1 aromatic heterocycles. The number of piperidine rings is 1. The second-order valence-corrected chi connectivity index (χ2v) is 6.75. The number of pyridine rings is 1. The summed E-state index contributed by atoms with van der Waals surface area (Å²) in [7, 11) is 2.10. The Labute approximate surface area is 139 Å². The van der Waals surface area contributed by atoms with Crippen molar-refractivity contribution in [1.29, 1.82) is 0 Å². The molecule has 1 amide bonds. The van der Waals surface area contributed by atoms with Gasteiger partial charge in [-0.2, -0.15) is 0 Å². The largest absolute Gasteiger partial charge is 0.368 e. The number of amides is 1. The van der Waals surface area contributed by atoms with Crippen LogP contribution in [0.5, 0.6) is 0 Å². The van der Waals surface area contributed by atoms with Crippen LogP contribution in [0.15, 0.2) is 18.3 Å². The van der Waals surface area contributed by atoms with Gasteiger partial charge in [0.15, 0.2) is 0 Å². The highest BCUT2D eigenvalue weighted by atomic mass is 16.2. The van der Waals surface area contributed by atoms with E-state index in [1.54, 1.807) is 6.20 Å². The summed E-state index contributed by atoms with van der Waals surface area (Å²) in [6.07, 6.45) is 6.75. The molecule has 3 rings (SSSR count). The Kier molecular flexibility index (Phi) is 5.16. The third kappa shape index (κ3) is 3.66. The number of carbonyl (C=O) groups excluding carboxylic acids is 1. The molecule has 0 spiro atoms. The average molecular weight is 316 g/mol. The van der Waals surface area contributed by atoms with Gasteiger partial charge in [0.25, 0.3) is 5.91 Å². The van der Waals surface area contributed by atoms with Gasteiger partial charge in [-0.3, -0.25) is 9.78 Å². The molecule has 126 valence electrons. The molecule has 23 heavy (non-hydrogen) atoms. The smallest absolute Gasteiger partial charge is 0.272 e. The molecule has 0 radical (unpaired) electrons. The summed E-state index contributed by atoms with van der Waals surface area (Å²) in [4.78, 5) is 23.7. The van der Waals surface area contributed by atoms with Crippen molar-refractivity contribution >= 4 is 11.6 Å². The van der Waals surface area contributed by atoms with Crippen LogP contribution >= 0.6 is 0 Å². The maximum atomic E-state index is 12.7. The van der Waals surface area contributed by atoms with E-state index in [1.165, 1.54) is 19.3 Å². The third-order valence-electron chi connectivity index (χ3n) is 5.18. The summed E-state index contributed by atoms with van der Waals surface area (Å²) in [5.41, 5.74) is 1.75. The standard InChI is InChI=1S/C18H28N4O/c1-3-15-6-4-5-9-22(15)16-7-8-19-17(14-16)18(23)21-12-10-20(2)11-13-21/h7-8,14-15H,3-6,9-13H2,1-2H3. The minimum Gasteiger partial charge on any atom is -0.368 e. The van der Waals surface area contributed by atoms with Gasteiger partial charge in [-0.25, -0.2) is 0 Å². The second-order valence-electron chi connectivity index (χ2n) is 6.75. The van der Waals surface area contributed by atoms with E-state index in [9.17, 15) is 4.79 Å². The van der Waals surface area contributed by atoms with Crippen LogP contribution in [0, 0.1) is 0 Å². The molecule has 2 aliphatic rings. The predicted octanol–water partition coefficient (Wildman–Crippen LogP) is 2.24. The topological polar surface area (TPSA) is 39.7 Å². The van der Waals surface area contributed by atoms with Gasteiger partial charge in [0.2, 0.25) is 0 Å². The van der Waals surface area contributed by atoms with Crippen molar-refractivity contribution in [2.24, 2.45) is 0 Å². The molecule has 0 aliphatic carbocycles. The van der Waals surface area contributed by atoms with Gasteiger partial charge in [0.1, 0.15) is 5.69 Å². The highest BCUT2D eigenvalue weighted by Crippen LogP contribution is 2.26. The Morgan fingerprint density at radius 2 is 2.00 bits per heavy atom. The molecule has 1 aromatic rings. The molecular formula is C18H28N4O. The number of likely N-dealkylation sites (N-methyl/N-ethyl adjacent to an activating group) is 1. The highest BCUT2D eigenvalue weighted by molar-refractivity contribution is 5.93. The number of piperazine rings is 1. The average Bonchev–Trinajstić information content (AvgIpc) is 2.62. The Morgan fingerprint density at radius 1 is 1.22 bits per heavy atom. The summed E-state index contributed by atoms with van der Waals surface area (Å²) in [5.74, 6) is 0.0741. The fraction of sp³-hybridized carbons (Fsp3) is 0.667. The number of rotatable bonds is 3. The van der Waals surface area contributed by atoms with E-state index in [2.05, 4.69) is 34.8 Å². The van der Waals surface area contributed by atoms with E-state index in [-0.39, 0.29) is 5.91 Å². The van der Waals surface area contributed by atoms with Crippen LogP contribution < -0.4 is 4.90 Å². The Bertz CT molecular complexity index is 540. The zero-order chi connectivity index (χ0) is 16.2. The lowest BCUT2D eigenvalue weighted by Gasteiger charge is -2.37. The molecule has 0 bridgehead atoms. The molecule has 2 saturated heterocycles. The van der Waals surface area contributed by atoms with Crippen LogP contribution in [0.1, 0.15) is 43.1 Å². The van der Waals surface area contributed by atoms with Crippen molar-refractivity contribution < 1.29 is 4.79 Å². The molecular weight excluding hydrogens is 288 g/mol. The van der Waals surface area contributed by atoms with Gasteiger partial charge < -0.3 is 14.7 Å². The van der Waals surface area contributed by atoms with Gasteiger partial charge in [-0.1, -0.05) is 6.92 Å². The second kappa shape index (κ2) is 7.30. The van der Waals surface area contributed by atoms with Crippen LogP contribution in [0.25, 0.3) is 0 Å². The molecule has 2 aliphatic heterocycles. The number of aromatic nitrogens is 1. The minimum absolute atomic E-state index is 0.0741. The van der Waals surface area contributed by atoms with E-state index in [0.717, 1.165) is 44.8 Å². The van der Waals surface area contributed by atoms with E-state index in [4.69, 9.17) is 0 Å². The normalized spacial score (nSPS) is 23.1. The van der Waals surface area contributed by atoms with Crippen LogP contribution in [0.4, 0.5) is 5.69 Å². The van der Waals surface area contributed by atoms with Crippen LogP contribution in [-0.4, -0.2) is 66.5 Å². The first-order chi connectivity index (χ1) is 11.2. The fourth-order valence-electron chi connectivity index (χ4n) is 3.65. The molecule has 0 aromatic carbocycles. The monoisotopic (exact) mass is 316 g/mol. The minimum atomic E-state index is 0.0741. The molecule has 5 nitrogen and oxygen atoms in total. The van der Waals surface area contributed by atoms with Crippen LogP contribution in [-0.2, 0) is 0 Å². The van der Waals surface area contributed by atoms with Crippen molar-refractivity contribution in [3.05, 3.63) is 24.0 Å². The van der Waals surface area contributed by atoms with Crippen molar-refractivity contribution in [2.45, 2.75) is 38.6 Å². The Balaban J connectivity index is 1.75. The molecule has 0 N–H and O–H groups in total. The van der Waals surface area contributed by atoms with Gasteiger partial charge >= 0.3 is 0 Å².